The number of hydrogen-bond acceptors (Lipinski definition) is 5. The van der Waals surface area contributed by atoms with E-state index in [0.29, 0.717) is 20.6 Å². The molecule has 5 nitrogen and oxygen atoms in total. The molecule has 2 aliphatic heterocycles. The predicted molar refractivity (Wildman–Crippen MR) is 107 cm³/mol. The summed E-state index contributed by atoms with van der Waals surface area (Å²) >= 11 is 1.18. The highest BCUT2D eigenvalue weighted by molar-refractivity contribution is 7.07. The molecule has 29 heavy (non-hydrogen) atoms. The number of ether oxygens (including phenoxy) is 1. The average molecular weight is 408 g/mol. The second-order valence-corrected chi connectivity index (χ2v) is 8.44. The van der Waals surface area contributed by atoms with Gasteiger partial charge < -0.3 is 4.74 Å². The molecule has 0 fully saturated rings. The van der Waals surface area contributed by atoms with E-state index in [9.17, 15) is 14.0 Å². The molecule has 0 radical (unpaired) electrons. The van der Waals surface area contributed by atoms with Crippen molar-refractivity contribution in [2.45, 2.75) is 25.6 Å². The molecule has 3 heterocycles. The van der Waals surface area contributed by atoms with Crippen LogP contribution in [0.4, 0.5) is 4.39 Å². The lowest BCUT2D eigenvalue weighted by Gasteiger charge is -2.45. The van der Waals surface area contributed by atoms with Crippen molar-refractivity contribution in [3.05, 3.63) is 85.2 Å². The van der Waals surface area contributed by atoms with Crippen molar-refractivity contribution in [1.29, 1.82) is 0 Å². The average Bonchev–Trinajstić information content (AvgIpc) is 2.96. The van der Waals surface area contributed by atoms with Gasteiger partial charge in [-0.25, -0.2) is 9.38 Å². The van der Waals surface area contributed by atoms with Crippen molar-refractivity contribution in [3.63, 3.8) is 0 Å². The van der Waals surface area contributed by atoms with Crippen molar-refractivity contribution in [2.24, 2.45) is 10.9 Å². The number of nitrogens with zero attached hydrogens (tertiary/aromatic N) is 2. The lowest BCUT2D eigenvalue weighted by Crippen LogP contribution is -2.58. The normalized spacial score (nSPS) is 24.9. The number of para-hydroxylation sites is 1. The zero-order chi connectivity index (χ0) is 20.3. The van der Waals surface area contributed by atoms with Crippen molar-refractivity contribution in [3.8, 4) is 5.75 Å². The molecule has 0 N–H and O–H groups in total. The Hall–Kier alpha value is -3.06. The predicted octanol–water partition coefficient (Wildman–Crippen LogP) is 2.41. The van der Waals surface area contributed by atoms with Crippen LogP contribution in [0.5, 0.6) is 5.75 Å². The maximum absolute atomic E-state index is 14.1. The Balaban J connectivity index is 1.83. The number of fused-ring (bicyclic) bond motifs is 6. The summed E-state index contributed by atoms with van der Waals surface area (Å²) in [5, 5.41) is 0. The van der Waals surface area contributed by atoms with Gasteiger partial charge in [-0.2, -0.15) is 0 Å². The van der Waals surface area contributed by atoms with E-state index in [1.807, 2.05) is 24.3 Å². The van der Waals surface area contributed by atoms with Crippen molar-refractivity contribution in [1.82, 2.24) is 4.57 Å². The molecule has 3 unspecified atom stereocenters. The van der Waals surface area contributed by atoms with E-state index in [0.717, 1.165) is 5.56 Å². The highest BCUT2D eigenvalue weighted by Gasteiger charge is 2.53. The van der Waals surface area contributed by atoms with E-state index in [-0.39, 0.29) is 11.3 Å². The number of carbonyl (C=O) groups excluding carboxylic acids is 1. The lowest BCUT2D eigenvalue weighted by molar-refractivity contribution is -0.132. The van der Waals surface area contributed by atoms with Gasteiger partial charge in [-0.1, -0.05) is 47.7 Å². The Labute approximate surface area is 169 Å². The zero-order valence-electron chi connectivity index (χ0n) is 15.8. The minimum absolute atomic E-state index is 0.0980. The lowest BCUT2D eigenvalue weighted by atomic mass is 9.79. The van der Waals surface area contributed by atoms with E-state index < -0.39 is 23.5 Å². The number of ketones is 1. The Kier molecular flexibility index (Phi) is 3.86. The molecule has 0 aliphatic carbocycles. The quantitative estimate of drug-likeness (QED) is 0.654. The zero-order valence-corrected chi connectivity index (χ0v) is 16.6. The number of aromatic nitrogens is 1. The highest BCUT2D eigenvalue weighted by Crippen LogP contribution is 2.47. The SMILES string of the molecule is CC(=O)C1C2c3ccccc3OC1(C)N=c1sc(=Cc3ccccc3F)c(=O)n12. The fourth-order valence-corrected chi connectivity index (χ4v) is 5.38. The van der Waals surface area contributed by atoms with Crippen LogP contribution < -0.4 is 19.6 Å². The van der Waals surface area contributed by atoms with Crippen LogP contribution in [0.3, 0.4) is 0 Å². The molecular weight excluding hydrogens is 391 g/mol. The summed E-state index contributed by atoms with van der Waals surface area (Å²) in [5.74, 6) is -0.511. The maximum Gasteiger partial charge on any atom is 0.270 e. The van der Waals surface area contributed by atoms with Gasteiger partial charge >= 0.3 is 0 Å². The maximum atomic E-state index is 14.1. The molecule has 146 valence electrons. The van der Waals surface area contributed by atoms with E-state index in [1.54, 1.807) is 29.7 Å². The fraction of sp³-hybridized carbons (Fsp3) is 0.227. The molecule has 2 bridgehead atoms. The van der Waals surface area contributed by atoms with Gasteiger partial charge in [-0.05, 0) is 32.1 Å². The van der Waals surface area contributed by atoms with Crippen molar-refractivity contribution < 1.29 is 13.9 Å². The molecule has 3 atom stereocenters. The minimum Gasteiger partial charge on any atom is -0.465 e. The van der Waals surface area contributed by atoms with E-state index in [4.69, 9.17) is 4.74 Å². The number of thiazole rings is 1. The van der Waals surface area contributed by atoms with Gasteiger partial charge in [-0.15, -0.1) is 0 Å². The van der Waals surface area contributed by atoms with Crippen molar-refractivity contribution >= 4 is 23.2 Å². The summed E-state index contributed by atoms with van der Waals surface area (Å²) in [7, 11) is 0. The summed E-state index contributed by atoms with van der Waals surface area (Å²) in [5.41, 5.74) is -0.277. The van der Waals surface area contributed by atoms with Gasteiger partial charge in [0.15, 0.2) is 4.80 Å². The monoisotopic (exact) mass is 408 g/mol. The highest BCUT2D eigenvalue weighted by atomic mass is 32.1. The molecule has 5 rings (SSSR count). The molecule has 1 aromatic heterocycles. The van der Waals surface area contributed by atoms with E-state index >= 15 is 0 Å². The second kappa shape index (κ2) is 6.22. The summed E-state index contributed by atoms with van der Waals surface area (Å²) in [4.78, 5) is 31.0. The summed E-state index contributed by atoms with van der Waals surface area (Å²) < 4.78 is 22.2. The number of Topliss-reactive ketones (excluding diaryl/α,β-unsaturated/α-hetero) is 1. The largest absolute Gasteiger partial charge is 0.465 e. The molecular formula is C22H17FN2O3S. The fourth-order valence-electron chi connectivity index (χ4n) is 4.29. The summed E-state index contributed by atoms with van der Waals surface area (Å²) in [6.07, 6.45) is 1.53. The first-order chi connectivity index (χ1) is 13.9. The Bertz CT molecular complexity index is 1340. The van der Waals surface area contributed by atoms with Gasteiger partial charge in [0, 0.05) is 11.1 Å². The third kappa shape index (κ3) is 2.61. The van der Waals surface area contributed by atoms with E-state index in [2.05, 4.69) is 4.99 Å². The van der Waals surface area contributed by atoms with Crippen LogP contribution in [0, 0.1) is 11.7 Å². The topological polar surface area (TPSA) is 60.7 Å². The first-order valence-corrected chi connectivity index (χ1v) is 10.1. The molecule has 0 amide bonds. The number of hydrogen-bond donors (Lipinski definition) is 0. The third-order valence-electron chi connectivity index (χ3n) is 5.51. The first-order valence-electron chi connectivity index (χ1n) is 9.25. The standard InChI is InChI=1S/C22H17FN2O3S/c1-12(26)18-19-14-8-4-6-10-16(14)28-22(18,2)24-21-25(19)20(27)17(29-21)11-13-7-3-5-9-15(13)23/h3-11,18-19H,1-2H3. The molecule has 2 aromatic carbocycles. The Morgan fingerprint density at radius 3 is 2.72 bits per heavy atom. The second-order valence-electron chi connectivity index (χ2n) is 7.43. The molecule has 0 saturated carbocycles. The summed E-state index contributed by atoms with van der Waals surface area (Å²) in [6.45, 7) is 3.27. The number of rotatable bonds is 2. The molecule has 3 aromatic rings. The van der Waals surface area contributed by atoms with E-state index in [1.165, 1.54) is 30.4 Å². The van der Waals surface area contributed by atoms with Crippen LogP contribution >= 0.6 is 11.3 Å². The smallest absolute Gasteiger partial charge is 0.270 e. The van der Waals surface area contributed by atoms with Crippen LogP contribution in [0.25, 0.3) is 6.08 Å². The van der Waals surface area contributed by atoms with Gasteiger partial charge in [-0.3, -0.25) is 14.2 Å². The Morgan fingerprint density at radius 2 is 1.97 bits per heavy atom. The summed E-state index contributed by atoms with van der Waals surface area (Å²) in [6, 6.07) is 13.2. The van der Waals surface area contributed by atoms with Gasteiger partial charge in [0.25, 0.3) is 5.56 Å². The van der Waals surface area contributed by atoms with Gasteiger partial charge in [0.05, 0.1) is 10.6 Å². The van der Waals surface area contributed by atoms with Crippen molar-refractivity contribution in [2.75, 3.05) is 0 Å². The minimum atomic E-state index is -1.10. The first kappa shape index (κ1) is 18.0. The molecule has 0 saturated heterocycles. The molecule has 7 heteroatoms. The van der Waals surface area contributed by atoms with Crippen LogP contribution in [0.2, 0.25) is 0 Å². The Morgan fingerprint density at radius 1 is 1.24 bits per heavy atom. The van der Waals surface area contributed by atoms with Gasteiger partial charge in [0.2, 0.25) is 5.72 Å². The molecule has 0 spiro atoms. The number of carbonyl (C=O) groups is 1. The third-order valence-corrected chi connectivity index (χ3v) is 6.49. The van der Waals surface area contributed by atoms with Crippen LogP contribution in [-0.4, -0.2) is 16.1 Å². The van der Waals surface area contributed by atoms with Gasteiger partial charge in [0.1, 0.15) is 23.3 Å². The number of halogens is 1. The number of benzene rings is 2. The molecule has 2 aliphatic rings. The van der Waals surface area contributed by atoms with Crippen LogP contribution in [-0.2, 0) is 4.79 Å². The van der Waals surface area contributed by atoms with Crippen LogP contribution in [0.1, 0.15) is 31.0 Å². The van der Waals surface area contributed by atoms with Crippen LogP contribution in [0.15, 0.2) is 58.3 Å².